The van der Waals surface area contributed by atoms with E-state index in [1.807, 2.05) is 48.5 Å². The minimum absolute atomic E-state index is 0.107. The number of hydrogen-bond acceptors (Lipinski definition) is 6. The highest BCUT2D eigenvalue weighted by Crippen LogP contribution is 2.28. The molecule has 3 heterocycles. The first-order chi connectivity index (χ1) is 14.8. The summed E-state index contributed by atoms with van der Waals surface area (Å²) in [4.78, 5) is 30.8. The minimum atomic E-state index is 0.107. The van der Waals surface area contributed by atoms with Crippen molar-refractivity contribution in [1.29, 1.82) is 0 Å². The highest BCUT2D eigenvalue weighted by Gasteiger charge is 2.20. The maximum absolute atomic E-state index is 12.6. The van der Waals surface area contributed by atoms with Crippen LogP contribution in [0.2, 0.25) is 0 Å². The van der Waals surface area contributed by atoms with Gasteiger partial charge < -0.3 is 5.32 Å². The van der Waals surface area contributed by atoms with E-state index in [4.69, 9.17) is 4.98 Å². The van der Waals surface area contributed by atoms with E-state index >= 15 is 0 Å². The number of hydrogen-bond donors (Lipinski definition) is 1. The molecule has 0 fully saturated rings. The number of benzene rings is 1. The molecule has 3 aromatic heterocycles. The van der Waals surface area contributed by atoms with Crippen LogP contribution in [0.4, 0.5) is 5.82 Å². The minimum Gasteiger partial charge on any atom is -0.363 e. The highest BCUT2D eigenvalue weighted by atomic mass is 16.1. The fourth-order valence-corrected chi connectivity index (χ4v) is 3.88. The van der Waals surface area contributed by atoms with Crippen molar-refractivity contribution in [1.82, 2.24) is 19.9 Å². The molecule has 1 aliphatic carbocycles. The van der Waals surface area contributed by atoms with Crippen LogP contribution in [-0.4, -0.2) is 32.3 Å². The third-order valence-electron chi connectivity index (χ3n) is 5.35. The van der Waals surface area contributed by atoms with Crippen molar-refractivity contribution in [2.75, 3.05) is 11.9 Å². The normalized spacial score (nSPS) is 12.7. The Labute approximate surface area is 174 Å². The highest BCUT2D eigenvalue weighted by molar-refractivity contribution is 5.87. The van der Waals surface area contributed by atoms with Crippen LogP contribution < -0.4 is 5.32 Å². The molecule has 1 N–H and O–H groups in total. The van der Waals surface area contributed by atoms with Crippen molar-refractivity contribution in [2.45, 2.75) is 25.7 Å². The van der Waals surface area contributed by atoms with Crippen LogP contribution in [-0.2, 0) is 24.1 Å². The number of anilines is 1. The number of carbonyl (C=O) groups is 1. The maximum atomic E-state index is 12.6. The number of fused-ring (bicyclic) bond motifs is 2. The first-order valence-corrected chi connectivity index (χ1v) is 10.2. The van der Waals surface area contributed by atoms with Gasteiger partial charge in [-0.25, -0.2) is 9.97 Å². The summed E-state index contributed by atoms with van der Waals surface area (Å²) < 4.78 is 0. The van der Waals surface area contributed by atoms with E-state index in [1.54, 1.807) is 12.4 Å². The third kappa shape index (κ3) is 3.76. The molecule has 0 spiro atoms. The molecular formula is C24H21N5O. The summed E-state index contributed by atoms with van der Waals surface area (Å²) in [6.45, 7) is 0.228. The van der Waals surface area contributed by atoms with E-state index in [-0.39, 0.29) is 12.3 Å². The average Bonchev–Trinajstić information content (AvgIpc) is 3.27. The van der Waals surface area contributed by atoms with Gasteiger partial charge in [-0.1, -0.05) is 24.3 Å². The van der Waals surface area contributed by atoms with Gasteiger partial charge in [-0.2, -0.15) is 0 Å². The van der Waals surface area contributed by atoms with Crippen LogP contribution >= 0.6 is 0 Å². The molecule has 0 amide bonds. The molecule has 30 heavy (non-hydrogen) atoms. The van der Waals surface area contributed by atoms with Gasteiger partial charge >= 0.3 is 0 Å². The van der Waals surface area contributed by atoms with Gasteiger partial charge in [0.2, 0.25) is 0 Å². The monoisotopic (exact) mass is 395 g/mol. The second-order valence-electron chi connectivity index (χ2n) is 7.49. The molecular weight excluding hydrogens is 374 g/mol. The Morgan fingerprint density at radius 1 is 0.967 bits per heavy atom. The molecule has 1 aromatic carbocycles. The second-order valence-corrected chi connectivity index (χ2v) is 7.49. The molecule has 0 saturated heterocycles. The largest absolute Gasteiger partial charge is 0.363 e. The predicted octanol–water partition coefficient (Wildman–Crippen LogP) is 3.80. The van der Waals surface area contributed by atoms with Crippen LogP contribution in [0.1, 0.15) is 23.2 Å². The van der Waals surface area contributed by atoms with Crippen LogP contribution in [0.3, 0.4) is 0 Å². The molecule has 0 atom stereocenters. The fourth-order valence-electron chi connectivity index (χ4n) is 3.88. The van der Waals surface area contributed by atoms with Crippen LogP contribution in [0.25, 0.3) is 22.4 Å². The standard InChI is InChI=1S/C24H21N5O/c30-18(13-16-9-10-17-5-4-12-26-22(17)14-16)15-27-23-19-6-3-8-20(19)28-24(29-23)21-7-1-2-11-25-21/h1-2,4-5,7,9-12,14H,3,6,8,13,15H2,(H,27,28,29). The Morgan fingerprint density at radius 2 is 1.90 bits per heavy atom. The number of nitrogens with zero attached hydrogens (tertiary/aromatic N) is 4. The van der Waals surface area contributed by atoms with E-state index in [2.05, 4.69) is 20.3 Å². The zero-order chi connectivity index (χ0) is 20.3. The van der Waals surface area contributed by atoms with E-state index in [0.717, 1.165) is 58.5 Å². The van der Waals surface area contributed by atoms with Crippen molar-refractivity contribution >= 4 is 22.5 Å². The first-order valence-electron chi connectivity index (χ1n) is 10.2. The molecule has 0 aliphatic heterocycles. The number of carbonyl (C=O) groups excluding carboxylic acids is 1. The van der Waals surface area contributed by atoms with Crippen molar-refractivity contribution in [3.05, 3.63) is 77.7 Å². The Bertz CT molecular complexity index is 1220. The number of ketones is 1. The lowest BCUT2D eigenvalue weighted by molar-refractivity contribution is -0.116. The zero-order valence-corrected chi connectivity index (χ0v) is 16.5. The van der Waals surface area contributed by atoms with Crippen molar-refractivity contribution in [3.8, 4) is 11.5 Å². The summed E-state index contributed by atoms with van der Waals surface area (Å²) in [6, 6.07) is 15.6. The number of Topliss-reactive ketones (excluding diaryl/α,β-unsaturated/α-hetero) is 1. The summed E-state index contributed by atoms with van der Waals surface area (Å²) in [6.07, 6.45) is 6.79. The molecule has 0 unspecified atom stereocenters. The molecule has 148 valence electrons. The van der Waals surface area contributed by atoms with E-state index in [9.17, 15) is 4.79 Å². The number of aromatic nitrogens is 4. The number of nitrogens with one attached hydrogen (secondary N) is 1. The molecule has 4 aromatic rings. The fraction of sp³-hybridized carbons (Fsp3) is 0.208. The van der Waals surface area contributed by atoms with Gasteiger partial charge in [0.05, 0.1) is 12.1 Å². The topological polar surface area (TPSA) is 80.7 Å². The van der Waals surface area contributed by atoms with Gasteiger partial charge in [-0.15, -0.1) is 0 Å². The Hall–Kier alpha value is -3.67. The molecule has 0 bridgehead atoms. The van der Waals surface area contributed by atoms with Gasteiger partial charge in [-0.3, -0.25) is 14.8 Å². The maximum Gasteiger partial charge on any atom is 0.180 e. The molecule has 5 rings (SSSR count). The summed E-state index contributed by atoms with van der Waals surface area (Å²) in [5.74, 6) is 1.47. The smallest absolute Gasteiger partial charge is 0.180 e. The van der Waals surface area contributed by atoms with Crippen molar-refractivity contribution in [2.24, 2.45) is 0 Å². The van der Waals surface area contributed by atoms with Gasteiger partial charge in [0, 0.05) is 35.5 Å². The van der Waals surface area contributed by atoms with Crippen molar-refractivity contribution < 1.29 is 4.79 Å². The molecule has 0 radical (unpaired) electrons. The first kappa shape index (κ1) is 18.4. The second kappa shape index (κ2) is 7.99. The Balaban J connectivity index is 1.33. The number of aryl methyl sites for hydroxylation is 1. The quantitative estimate of drug-likeness (QED) is 0.535. The summed E-state index contributed by atoms with van der Waals surface area (Å²) in [7, 11) is 0. The van der Waals surface area contributed by atoms with Crippen molar-refractivity contribution in [3.63, 3.8) is 0 Å². The summed E-state index contributed by atoms with van der Waals surface area (Å²) in [5.41, 5.74) is 4.79. The molecule has 1 aliphatic rings. The molecule has 6 heteroatoms. The lowest BCUT2D eigenvalue weighted by Gasteiger charge is -2.12. The summed E-state index contributed by atoms with van der Waals surface area (Å²) >= 11 is 0. The number of pyridine rings is 2. The summed E-state index contributed by atoms with van der Waals surface area (Å²) in [5, 5.41) is 4.34. The van der Waals surface area contributed by atoms with E-state index < -0.39 is 0 Å². The Kier molecular flexibility index (Phi) is 4.89. The van der Waals surface area contributed by atoms with Crippen LogP contribution in [0, 0.1) is 0 Å². The van der Waals surface area contributed by atoms with Crippen LogP contribution in [0.5, 0.6) is 0 Å². The average molecular weight is 395 g/mol. The molecule has 0 saturated carbocycles. The predicted molar refractivity (Wildman–Crippen MR) is 116 cm³/mol. The third-order valence-corrected chi connectivity index (χ3v) is 5.35. The van der Waals surface area contributed by atoms with Gasteiger partial charge in [0.1, 0.15) is 11.5 Å². The molecule has 6 nitrogen and oxygen atoms in total. The van der Waals surface area contributed by atoms with Gasteiger partial charge in [0.25, 0.3) is 0 Å². The number of rotatable bonds is 6. The lowest BCUT2D eigenvalue weighted by atomic mass is 10.1. The van der Waals surface area contributed by atoms with Gasteiger partial charge in [-0.05, 0) is 49.1 Å². The van der Waals surface area contributed by atoms with E-state index in [1.165, 1.54) is 0 Å². The van der Waals surface area contributed by atoms with Gasteiger partial charge in [0.15, 0.2) is 11.6 Å². The Morgan fingerprint density at radius 3 is 2.80 bits per heavy atom. The van der Waals surface area contributed by atoms with Crippen LogP contribution in [0.15, 0.2) is 60.9 Å². The SMILES string of the molecule is O=C(CNc1nc(-c2ccccn2)nc2c1CCC2)Cc1ccc2cccnc2c1. The lowest BCUT2D eigenvalue weighted by Crippen LogP contribution is -2.18. The van der Waals surface area contributed by atoms with E-state index in [0.29, 0.717) is 12.2 Å². The zero-order valence-electron chi connectivity index (χ0n) is 16.5.